The summed E-state index contributed by atoms with van der Waals surface area (Å²) in [5, 5.41) is 0.489. The molecular weight excluding hydrogens is 390 g/mol. The molecule has 0 bridgehead atoms. The van der Waals surface area contributed by atoms with E-state index in [-0.39, 0.29) is 12.1 Å². The lowest BCUT2D eigenvalue weighted by atomic mass is 10.1. The van der Waals surface area contributed by atoms with E-state index in [1.54, 1.807) is 23.5 Å². The Morgan fingerprint density at radius 3 is 2.76 bits per heavy atom. The van der Waals surface area contributed by atoms with E-state index in [0.29, 0.717) is 24.1 Å². The number of carbonyl (C=O) groups excluding carboxylic acids is 1. The van der Waals surface area contributed by atoms with E-state index in [1.165, 1.54) is 5.56 Å². The van der Waals surface area contributed by atoms with Crippen molar-refractivity contribution < 1.29 is 14.3 Å². The highest BCUT2D eigenvalue weighted by atomic mass is 35.5. The first-order chi connectivity index (χ1) is 13.8. The quantitative estimate of drug-likeness (QED) is 0.638. The molecule has 1 unspecified atom stereocenters. The predicted octanol–water partition coefficient (Wildman–Crippen LogP) is 4.69. The van der Waals surface area contributed by atoms with E-state index in [1.807, 2.05) is 39.0 Å². The molecule has 1 fully saturated rings. The molecule has 0 N–H and O–H groups in total. The molecule has 29 heavy (non-hydrogen) atoms. The van der Waals surface area contributed by atoms with Gasteiger partial charge >= 0.3 is 6.09 Å². The SMILES string of the molecule is CC(C)(C)OC(=O)N1CCCC1COc1cnc(Cl)c(CCc2ccncc2)c1. The highest BCUT2D eigenvalue weighted by Gasteiger charge is 2.32. The smallest absolute Gasteiger partial charge is 0.410 e. The number of aromatic nitrogens is 2. The van der Waals surface area contributed by atoms with Crippen LogP contribution in [0.25, 0.3) is 0 Å². The zero-order valence-electron chi connectivity index (χ0n) is 17.2. The Bertz CT molecular complexity index is 824. The largest absolute Gasteiger partial charge is 0.490 e. The fourth-order valence-electron chi connectivity index (χ4n) is 3.32. The molecule has 156 valence electrons. The maximum absolute atomic E-state index is 12.4. The van der Waals surface area contributed by atoms with Crippen molar-refractivity contribution in [2.45, 2.75) is 58.1 Å². The monoisotopic (exact) mass is 417 g/mol. The number of nitrogens with zero attached hydrogens (tertiary/aromatic N) is 3. The molecule has 1 atom stereocenters. The maximum atomic E-state index is 12.4. The Hall–Kier alpha value is -2.34. The minimum Gasteiger partial charge on any atom is -0.490 e. The van der Waals surface area contributed by atoms with Crippen LogP contribution in [0, 0.1) is 0 Å². The Labute approximate surface area is 177 Å². The van der Waals surface area contributed by atoms with Gasteiger partial charge in [-0.05, 0) is 75.8 Å². The molecule has 0 aromatic carbocycles. The second-order valence-electron chi connectivity index (χ2n) is 8.26. The third kappa shape index (κ3) is 6.32. The molecule has 0 radical (unpaired) electrons. The summed E-state index contributed by atoms with van der Waals surface area (Å²) in [5.74, 6) is 0.662. The summed E-state index contributed by atoms with van der Waals surface area (Å²) >= 11 is 6.27. The van der Waals surface area contributed by atoms with E-state index < -0.39 is 5.60 Å². The number of rotatable bonds is 6. The molecule has 2 aromatic rings. The van der Waals surface area contributed by atoms with Crippen LogP contribution in [0.15, 0.2) is 36.8 Å². The van der Waals surface area contributed by atoms with Crippen molar-refractivity contribution in [1.82, 2.24) is 14.9 Å². The summed E-state index contributed by atoms with van der Waals surface area (Å²) in [6.07, 6.45) is 8.38. The topological polar surface area (TPSA) is 64.5 Å². The molecule has 3 heterocycles. The number of pyridine rings is 2. The summed E-state index contributed by atoms with van der Waals surface area (Å²) in [6.45, 7) is 6.73. The van der Waals surface area contributed by atoms with Crippen molar-refractivity contribution in [3.63, 3.8) is 0 Å². The van der Waals surface area contributed by atoms with Crippen LogP contribution >= 0.6 is 11.6 Å². The molecule has 1 amide bonds. The van der Waals surface area contributed by atoms with E-state index in [4.69, 9.17) is 21.1 Å². The molecular formula is C22H28ClN3O3. The first-order valence-electron chi connectivity index (χ1n) is 9.97. The third-order valence-electron chi connectivity index (χ3n) is 4.77. The molecule has 0 aliphatic carbocycles. The van der Waals surface area contributed by atoms with Gasteiger partial charge in [0.15, 0.2) is 0 Å². The number of hydrogen-bond donors (Lipinski definition) is 0. The van der Waals surface area contributed by atoms with Gasteiger partial charge in [-0.25, -0.2) is 9.78 Å². The van der Waals surface area contributed by atoms with Gasteiger partial charge < -0.3 is 14.4 Å². The Kier molecular flexibility index (Phi) is 6.96. The lowest BCUT2D eigenvalue weighted by Gasteiger charge is -2.28. The highest BCUT2D eigenvalue weighted by molar-refractivity contribution is 6.30. The van der Waals surface area contributed by atoms with Crippen molar-refractivity contribution in [2.75, 3.05) is 13.2 Å². The lowest BCUT2D eigenvalue weighted by Crippen LogP contribution is -2.42. The first-order valence-corrected chi connectivity index (χ1v) is 10.4. The van der Waals surface area contributed by atoms with Crippen LogP contribution in [0.4, 0.5) is 4.79 Å². The maximum Gasteiger partial charge on any atom is 0.410 e. The van der Waals surface area contributed by atoms with Crippen LogP contribution < -0.4 is 4.74 Å². The number of halogens is 1. The molecule has 3 rings (SSSR count). The number of amides is 1. The van der Waals surface area contributed by atoms with Crippen LogP contribution in [0.2, 0.25) is 5.15 Å². The van der Waals surface area contributed by atoms with Gasteiger partial charge in [-0.15, -0.1) is 0 Å². The van der Waals surface area contributed by atoms with Gasteiger partial charge in [0.05, 0.1) is 12.2 Å². The standard InChI is InChI=1S/C22H28ClN3O3/c1-22(2,3)29-21(27)26-12-4-5-18(26)15-28-19-13-17(20(23)25-14-19)7-6-16-8-10-24-11-9-16/h8-11,13-14,18H,4-7,12,15H2,1-3H3. The molecule has 6 nitrogen and oxygen atoms in total. The number of carbonyl (C=O) groups is 1. The van der Waals surface area contributed by atoms with Crippen molar-refractivity contribution in [3.05, 3.63) is 53.1 Å². The summed E-state index contributed by atoms with van der Waals surface area (Å²) in [4.78, 5) is 22.5. The van der Waals surface area contributed by atoms with Gasteiger partial charge in [-0.2, -0.15) is 0 Å². The van der Waals surface area contributed by atoms with E-state index in [2.05, 4.69) is 9.97 Å². The fourth-order valence-corrected chi connectivity index (χ4v) is 3.51. The van der Waals surface area contributed by atoms with E-state index >= 15 is 0 Å². The molecule has 7 heteroatoms. The van der Waals surface area contributed by atoms with E-state index in [9.17, 15) is 4.79 Å². The minimum atomic E-state index is -0.505. The van der Waals surface area contributed by atoms with Gasteiger partial charge in [0.1, 0.15) is 23.1 Å². The zero-order chi connectivity index (χ0) is 20.9. The van der Waals surface area contributed by atoms with Gasteiger partial charge in [-0.3, -0.25) is 4.98 Å². The van der Waals surface area contributed by atoms with Gasteiger partial charge in [-0.1, -0.05) is 11.6 Å². The second kappa shape index (κ2) is 9.44. The average molecular weight is 418 g/mol. The van der Waals surface area contributed by atoms with Crippen molar-refractivity contribution in [2.24, 2.45) is 0 Å². The molecule has 2 aromatic heterocycles. The number of likely N-dealkylation sites (tertiary alicyclic amines) is 1. The summed E-state index contributed by atoms with van der Waals surface area (Å²) < 4.78 is 11.5. The zero-order valence-corrected chi connectivity index (χ0v) is 18.0. The molecule has 1 aliphatic heterocycles. The molecule has 1 aliphatic rings. The summed E-state index contributed by atoms with van der Waals surface area (Å²) in [7, 11) is 0. The molecule has 0 spiro atoms. The highest BCUT2D eigenvalue weighted by Crippen LogP contribution is 2.24. The van der Waals surface area contributed by atoms with Crippen LogP contribution in [-0.4, -0.2) is 45.8 Å². The Balaban J connectivity index is 1.58. The van der Waals surface area contributed by atoms with Crippen molar-refractivity contribution in [1.29, 1.82) is 0 Å². The minimum absolute atomic E-state index is 0.000738. The lowest BCUT2D eigenvalue weighted by molar-refractivity contribution is 0.0187. The van der Waals surface area contributed by atoms with Crippen LogP contribution in [0.5, 0.6) is 5.75 Å². The van der Waals surface area contributed by atoms with Gasteiger partial charge in [0.2, 0.25) is 0 Å². The average Bonchev–Trinajstić information content (AvgIpc) is 3.15. The molecule has 1 saturated heterocycles. The van der Waals surface area contributed by atoms with Crippen molar-refractivity contribution >= 4 is 17.7 Å². The second-order valence-corrected chi connectivity index (χ2v) is 8.62. The summed E-state index contributed by atoms with van der Waals surface area (Å²) in [5.41, 5.74) is 1.63. The number of aryl methyl sites for hydroxylation is 2. The third-order valence-corrected chi connectivity index (χ3v) is 5.11. The Morgan fingerprint density at radius 1 is 1.28 bits per heavy atom. The first kappa shape index (κ1) is 21.4. The van der Waals surface area contributed by atoms with E-state index in [0.717, 1.165) is 31.2 Å². The van der Waals surface area contributed by atoms with Crippen molar-refractivity contribution in [3.8, 4) is 5.75 Å². The predicted molar refractivity (Wildman–Crippen MR) is 112 cm³/mol. The number of ether oxygens (including phenoxy) is 2. The molecule has 0 saturated carbocycles. The van der Waals surface area contributed by atoms with Crippen LogP contribution in [0.3, 0.4) is 0 Å². The number of hydrogen-bond acceptors (Lipinski definition) is 5. The fraction of sp³-hybridized carbons (Fsp3) is 0.500. The van der Waals surface area contributed by atoms with Gasteiger partial charge in [0, 0.05) is 18.9 Å². The normalized spacial score (nSPS) is 16.7. The Morgan fingerprint density at radius 2 is 2.03 bits per heavy atom. The van der Waals surface area contributed by atoms with Gasteiger partial charge in [0.25, 0.3) is 0 Å². The van der Waals surface area contributed by atoms with Crippen LogP contribution in [-0.2, 0) is 17.6 Å². The van der Waals surface area contributed by atoms with Crippen LogP contribution in [0.1, 0.15) is 44.7 Å². The summed E-state index contributed by atoms with van der Waals surface area (Å²) in [6, 6.07) is 5.92.